The van der Waals surface area contributed by atoms with E-state index in [2.05, 4.69) is 15.6 Å². The first-order chi connectivity index (χ1) is 12.1. The molecule has 0 saturated heterocycles. The van der Waals surface area contributed by atoms with Crippen LogP contribution < -0.4 is 10.6 Å². The molecule has 2 N–H and O–H groups in total. The highest BCUT2D eigenvalue weighted by Gasteiger charge is 2.18. The fraction of sp³-hybridized carbons (Fsp3) is 0.0526. The van der Waals surface area contributed by atoms with Crippen molar-refractivity contribution in [3.63, 3.8) is 0 Å². The van der Waals surface area contributed by atoms with Crippen molar-refractivity contribution in [2.75, 3.05) is 5.32 Å². The molecule has 4 nitrogen and oxygen atoms in total. The Kier molecular flexibility index (Phi) is 4.99. The lowest BCUT2D eigenvalue weighted by Gasteiger charge is -2.19. The molecule has 126 valence electrons. The van der Waals surface area contributed by atoms with Crippen LogP contribution in [0.1, 0.15) is 17.3 Å². The molecule has 1 aromatic heterocycles. The third kappa shape index (κ3) is 4.17. The zero-order valence-corrected chi connectivity index (χ0v) is 13.1. The summed E-state index contributed by atoms with van der Waals surface area (Å²) in [6, 6.07) is 16.5. The van der Waals surface area contributed by atoms with Gasteiger partial charge in [0.15, 0.2) is 0 Å². The smallest absolute Gasteiger partial charge is 0.320 e. The lowest BCUT2D eigenvalue weighted by Crippen LogP contribution is -2.33. The zero-order valence-electron chi connectivity index (χ0n) is 13.1. The second-order valence-electron chi connectivity index (χ2n) is 5.32. The molecule has 3 rings (SSSR count). The van der Waals surface area contributed by atoms with Gasteiger partial charge in [0.2, 0.25) is 0 Å². The number of rotatable bonds is 4. The fourth-order valence-corrected chi connectivity index (χ4v) is 2.40. The number of hydrogen-bond donors (Lipinski definition) is 2. The van der Waals surface area contributed by atoms with Crippen LogP contribution in [0.4, 0.5) is 19.3 Å². The summed E-state index contributed by atoms with van der Waals surface area (Å²) in [5.74, 6) is -1.55. The number of nitrogens with zero attached hydrogens (tertiary/aromatic N) is 1. The van der Waals surface area contributed by atoms with Gasteiger partial charge in [0.25, 0.3) is 0 Å². The first kappa shape index (κ1) is 16.6. The van der Waals surface area contributed by atoms with Gasteiger partial charge in [0.05, 0.1) is 17.4 Å². The number of amides is 2. The van der Waals surface area contributed by atoms with Crippen LogP contribution in [0.25, 0.3) is 0 Å². The molecule has 1 atom stereocenters. The highest BCUT2D eigenvalue weighted by molar-refractivity contribution is 5.89. The molecule has 0 spiro atoms. The Hall–Kier alpha value is -3.28. The molecule has 0 aliphatic heterocycles. The maximum absolute atomic E-state index is 13.7. The average Bonchev–Trinajstić information content (AvgIpc) is 2.63. The molecule has 0 radical (unpaired) electrons. The van der Waals surface area contributed by atoms with E-state index in [-0.39, 0.29) is 5.69 Å². The van der Waals surface area contributed by atoms with Crippen molar-refractivity contribution in [1.82, 2.24) is 10.3 Å². The summed E-state index contributed by atoms with van der Waals surface area (Å²) in [6.45, 7) is 0. The summed E-state index contributed by atoms with van der Waals surface area (Å²) in [7, 11) is 0. The lowest BCUT2D eigenvalue weighted by atomic mass is 10.0. The lowest BCUT2D eigenvalue weighted by molar-refractivity contribution is 0.249. The molecular weight excluding hydrogens is 324 g/mol. The van der Waals surface area contributed by atoms with Gasteiger partial charge in [-0.25, -0.2) is 13.6 Å². The summed E-state index contributed by atoms with van der Waals surface area (Å²) in [5, 5.41) is 5.15. The first-order valence-electron chi connectivity index (χ1n) is 7.62. The summed E-state index contributed by atoms with van der Waals surface area (Å²) >= 11 is 0. The fourth-order valence-electron chi connectivity index (χ4n) is 2.40. The van der Waals surface area contributed by atoms with E-state index in [0.29, 0.717) is 11.8 Å². The maximum Gasteiger partial charge on any atom is 0.320 e. The van der Waals surface area contributed by atoms with Gasteiger partial charge in [-0.1, -0.05) is 36.4 Å². The van der Waals surface area contributed by atoms with E-state index in [9.17, 15) is 13.6 Å². The van der Waals surface area contributed by atoms with E-state index in [4.69, 9.17) is 0 Å². The van der Waals surface area contributed by atoms with E-state index >= 15 is 0 Å². The van der Waals surface area contributed by atoms with Gasteiger partial charge in [-0.05, 0) is 29.8 Å². The van der Waals surface area contributed by atoms with Crippen LogP contribution in [0.2, 0.25) is 0 Å². The van der Waals surface area contributed by atoms with E-state index in [1.165, 1.54) is 6.07 Å². The van der Waals surface area contributed by atoms with Gasteiger partial charge in [-0.15, -0.1) is 0 Å². The Morgan fingerprint density at radius 3 is 2.40 bits per heavy atom. The number of hydrogen-bond acceptors (Lipinski definition) is 2. The predicted molar refractivity (Wildman–Crippen MR) is 91.0 cm³/mol. The minimum Gasteiger partial charge on any atom is -0.325 e. The standard InChI is InChI=1S/C19H15F2N3O/c20-14-9-10-16(15(21)12-14)23-19(25)24-18(13-6-2-1-3-7-13)17-8-4-5-11-22-17/h1-12,18H,(H2,23,24,25)/t18-/m0/s1. The number of halogens is 2. The van der Waals surface area contributed by atoms with E-state index in [0.717, 1.165) is 11.6 Å². The number of benzene rings is 2. The number of aromatic nitrogens is 1. The largest absolute Gasteiger partial charge is 0.325 e. The highest BCUT2D eigenvalue weighted by Crippen LogP contribution is 2.21. The van der Waals surface area contributed by atoms with Crippen LogP contribution in [-0.2, 0) is 0 Å². The quantitative estimate of drug-likeness (QED) is 0.746. The maximum atomic E-state index is 13.7. The van der Waals surface area contributed by atoms with Crippen molar-refractivity contribution < 1.29 is 13.6 Å². The predicted octanol–water partition coefficient (Wildman–Crippen LogP) is 4.27. The molecule has 6 heteroatoms. The van der Waals surface area contributed by atoms with Crippen LogP contribution in [-0.4, -0.2) is 11.0 Å². The zero-order chi connectivity index (χ0) is 17.6. The van der Waals surface area contributed by atoms with Gasteiger partial charge < -0.3 is 10.6 Å². The van der Waals surface area contributed by atoms with Crippen molar-refractivity contribution in [3.05, 3.63) is 95.8 Å². The van der Waals surface area contributed by atoms with Gasteiger partial charge >= 0.3 is 6.03 Å². The van der Waals surface area contributed by atoms with Crippen molar-refractivity contribution in [3.8, 4) is 0 Å². The molecular formula is C19H15F2N3O. The minimum atomic E-state index is -0.843. The van der Waals surface area contributed by atoms with E-state index < -0.39 is 23.7 Å². The second kappa shape index (κ2) is 7.53. The molecule has 0 unspecified atom stereocenters. The molecule has 0 fully saturated rings. The molecule has 0 aliphatic carbocycles. The molecule has 3 aromatic rings. The monoisotopic (exact) mass is 339 g/mol. The Balaban J connectivity index is 1.82. The van der Waals surface area contributed by atoms with Crippen LogP contribution in [0.5, 0.6) is 0 Å². The topological polar surface area (TPSA) is 54.0 Å². The summed E-state index contributed by atoms with van der Waals surface area (Å²) in [4.78, 5) is 16.6. The van der Waals surface area contributed by atoms with Gasteiger partial charge in [-0.2, -0.15) is 0 Å². The van der Waals surface area contributed by atoms with Crippen molar-refractivity contribution in [2.45, 2.75) is 6.04 Å². The van der Waals surface area contributed by atoms with Crippen molar-refractivity contribution in [1.29, 1.82) is 0 Å². The molecule has 0 saturated carbocycles. The molecule has 0 aliphatic rings. The van der Waals surface area contributed by atoms with Crippen LogP contribution in [0.3, 0.4) is 0 Å². The Labute approximate surface area is 143 Å². The summed E-state index contributed by atoms with van der Waals surface area (Å²) < 4.78 is 26.7. The molecule has 25 heavy (non-hydrogen) atoms. The number of carbonyl (C=O) groups is 1. The SMILES string of the molecule is O=C(Nc1ccc(F)cc1F)N[C@@H](c1ccccc1)c1ccccn1. The number of urea groups is 1. The molecule has 1 heterocycles. The number of pyridine rings is 1. The molecule has 2 aromatic carbocycles. The number of carbonyl (C=O) groups excluding carboxylic acids is 1. The van der Waals surface area contributed by atoms with E-state index in [1.54, 1.807) is 18.3 Å². The number of nitrogens with one attached hydrogen (secondary N) is 2. The Bertz CT molecular complexity index is 818. The molecule has 0 bridgehead atoms. The summed E-state index contributed by atoms with van der Waals surface area (Å²) in [5.41, 5.74) is 1.37. The third-order valence-corrected chi connectivity index (χ3v) is 3.57. The first-order valence-corrected chi connectivity index (χ1v) is 7.62. The van der Waals surface area contributed by atoms with Crippen molar-refractivity contribution >= 4 is 11.7 Å². The third-order valence-electron chi connectivity index (χ3n) is 3.57. The van der Waals surface area contributed by atoms with Crippen LogP contribution in [0.15, 0.2) is 72.9 Å². The van der Waals surface area contributed by atoms with Gasteiger partial charge in [0.1, 0.15) is 11.6 Å². The van der Waals surface area contributed by atoms with Gasteiger partial charge in [-0.3, -0.25) is 4.98 Å². The second-order valence-corrected chi connectivity index (χ2v) is 5.32. The van der Waals surface area contributed by atoms with Crippen LogP contribution in [0, 0.1) is 11.6 Å². The highest BCUT2D eigenvalue weighted by atomic mass is 19.1. The average molecular weight is 339 g/mol. The van der Waals surface area contributed by atoms with Gasteiger partial charge in [0, 0.05) is 12.3 Å². The minimum absolute atomic E-state index is 0.105. The summed E-state index contributed by atoms with van der Waals surface area (Å²) in [6.07, 6.45) is 1.63. The normalized spacial score (nSPS) is 11.6. The van der Waals surface area contributed by atoms with Crippen molar-refractivity contribution in [2.24, 2.45) is 0 Å². The Morgan fingerprint density at radius 2 is 1.72 bits per heavy atom. The molecule has 2 amide bonds. The van der Waals surface area contributed by atoms with E-state index in [1.807, 2.05) is 36.4 Å². The Morgan fingerprint density at radius 1 is 0.960 bits per heavy atom. The number of anilines is 1. The van der Waals surface area contributed by atoms with Crippen LogP contribution >= 0.6 is 0 Å².